The van der Waals surface area contributed by atoms with Gasteiger partial charge in [-0.15, -0.1) is 11.3 Å². The Kier molecular flexibility index (Phi) is 4.08. The molecule has 0 radical (unpaired) electrons. The topological polar surface area (TPSA) is 12.9 Å². The fourth-order valence-corrected chi connectivity index (χ4v) is 5.97. The third kappa shape index (κ3) is 2.95. The van der Waals surface area contributed by atoms with Gasteiger partial charge in [-0.3, -0.25) is 0 Å². The van der Waals surface area contributed by atoms with E-state index in [0.717, 1.165) is 16.1 Å². The average molecular weight is 438 g/mol. The molecular weight excluding hydrogens is 418 g/mol. The van der Waals surface area contributed by atoms with Crippen LogP contribution >= 0.6 is 11.3 Å². The first-order chi connectivity index (χ1) is 16.3. The third-order valence-corrected chi connectivity index (χ3v) is 7.53. The number of aromatic nitrogens is 1. The predicted octanol–water partition coefficient (Wildman–Crippen LogP) is 9.09. The van der Waals surface area contributed by atoms with Crippen molar-refractivity contribution in [2.24, 2.45) is 0 Å². The van der Waals surface area contributed by atoms with Gasteiger partial charge >= 0.3 is 0 Å². The molecule has 0 saturated heterocycles. The summed E-state index contributed by atoms with van der Waals surface area (Å²) in [5.74, 6) is 0. The summed E-state index contributed by atoms with van der Waals surface area (Å²) >= 11 is 1.78. The van der Waals surface area contributed by atoms with Gasteiger partial charge in [0.2, 0.25) is 0 Å². The van der Waals surface area contributed by atoms with Gasteiger partial charge in [0.15, 0.2) is 0 Å². The molecule has 1 nitrogen and oxygen atoms in total. The first kappa shape index (κ1) is 18.6. The van der Waals surface area contributed by atoms with Crippen LogP contribution in [-0.4, -0.2) is 4.98 Å². The van der Waals surface area contributed by atoms with Gasteiger partial charge in [-0.25, -0.2) is 4.98 Å². The number of hydrogen-bond donors (Lipinski definition) is 0. The second-order valence-corrected chi connectivity index (χ2v) is 9.46. The van der Waals surface area contributed by atoms with Crippen LogP contribution < -0.4 is 0 Å². The number of benzene rings is 5. The van der Waals surface area contributed by atoms with Crippen molar-refractivity contribution in [3.8, 4) is 22.4 Å². The fourth-order valence-electron chi connectivity index (χ4n) is 4.88. The average Bonchev–Trinajstić information content (AvgIpc) is 3.27. The summed E-state index contributed by atoms with van der Waals surface area (Å²) in [6.45, 7) is 0. The number of thiophene rings is 1. The maximum atomic E-state index is 5.21. The molecular formula is C31H19NS. The molecule has 7 aromatic rings. The minimum absolute atomic E-state index is 1.05. The molecule has 0 aliphatic heterocycles. The van der Waals surface area contributed by atoms with Gasteiger partial charge in [-0.05, 0) is 45.5 Å². The fraction of sp³-hybridized carbons (Fsp3) is 0. The van der Waals surface area contributed by atoms with Crippen LogP contribution in [0.25, 0.3) is 64.2 Å². The molecule has 2 heteroatoms. The molecule has 154 valence electrons. The zero-order valence-corrected chi connectivity index (χ0v) is 18.6. The number of hydrogen-bond acceptors (Lipinski definition) is 2. The van der Waals surface area contributed by atoms with Crippen molar-refractivity contribution in [3.63, 3.8) is 0 Å². The van der Waals surface area contributed by atoms with E-state index in [0.29, 0.717) is 0 Å². The Labute approximate surface area is 195 Å². The summed E-state index contributed by atoms with van der Waals surface area (Å²) in [5.41, 5.74) is 4.63. The van der Waals surface area contributed by atoms with Gasteiger partial charge in [0, 0.05) is 26.4 Å². The molecule has 2 heterocycles. The second kappa shape index (κ2) is 7.26. The molecule has 0 aliphatic carbocycles. The van der Waals surface area contributed by atoms with E-state index < -0.39 is 0 Å². The third-order valence-electron chi connectivity index (χ3n) is 6.46. The van der Waals surface area contributed by atoms with Crippen molar-refractivity contribution in [1.82, 2.24) is 4.98 Å². The molecule has 33 heavy (non-hydrogen) atoms. The van der Waals surface area contributed by atoms with Crippen molar-refractivity contribution in [1.29, 1.82) is 0 Å². The van der Waals surface area contributed by atoms with Gasteiger partial charge in [0.05, 0.1) is 5.69 Å². The maximum Gasteiger partial charge on any atom is 0.125 e. The maximum absolute atomic E-state index is 5.21. The molecule has 0 aliphatic rings. The summed E-state index contributed by atoms with van der Waals surface area (Å²) in [6, 6.07) is 41.3. The molecule has 0 saturated carbocycles. The smallest absolute Gasteiger partial charge is 0.125 e. The minimum atomic E-state index is 1.05. The lowest BCUT2D eigenvalue weighted by molar-refractivity contribution is 1.45. The lowest BCUT2D eigenvalue weighted by atomic mass is 9.96. The Hall–Kier alpha value is -4.01. The molecule has 7 rings (SSSR count). The lowest BCUT2D eigenvalue weighted by Gasteiger charge is -2.10. The lowest BCUT2D eigenvalue weighted by Crippen LogP contribution is -1.88. The van der Waals surface area contributed by atoms with E-state index in [1.807, 2.05) is 0 Å². The number of fused-ring (bicyclic) bond motifs is 6. The van der Waals surface area contributed by atoms with Crippen molar-refractivity contribution in [2.45, 2.75) is 0 Å². The highest BCUT2D eigenvalue weighted by Crippen LogP contribution is 2.41. The van der Waals surface area contributed by atoms with Crippen LogP contribution in [0.2, 0.25) is 0 Å². The van der Waals surface area contributed by atoms with Crippen LogP contribution in [0.4, 0.5) is 0 Å². The SMILES string of the molecule is c1cc(-c2ccc3ccccc3c2)cc(-c2nc3sc4ccccc4c3c3ccccc23)c1. The Balaban J connectivity index is 1.47. The summed E-state index contributed by atoms with van der Waals surface area (Å²) in [4.78, 5) is 6.31. The van der Waals surface area contributed by atoms with Gasteiger partial charge in [0.25, 0.3) is 0 Å². The van der Waals surface area contributed by atoms with Crippen molar-refractivity contribution in [2.75, 3.05) is 0 Å². The van der Waals surface area contributed by atoms with Gasteiger partial charge in [-0.2, -0.15) is 0 Å². The monoisotopic (exact) mass is 437 g/mol. The van der Waals surface area contributed by atoms with E-state index in [-0.39, 0.29) is 0 Å². The molecule has 0 bridgehead atoms. The quantitative estimate of drug-likeness (QED) is 0.263. The minimum Gasteiger partial charge on any atom is -0.236 e. The molecule has 2 aromatic heterocycles. The number of rotatable bonds is 2. The molecule has 0 spiro atoms. The normalized spacial score (nSPS) is 11.6. The van der Waals surface area contributed by atoms with E-state index in [1.54, 1.807) is 11.3 Å². The summed E-state index contributed by atoms with van der Waals surface area (Å²) in [6.07, 6.45) is 0. The van der Waals surface area contributed by atoms with Crippen molar-refractivity contribution in [3.05, 3.63) is 115 Å². The highest BCUT2D eigenvalue weighted by Gasteiger charge is 2.15. The first-order valence-electron chi connectivity index (χ1n) is 11.1. The highest BCUT2D eigenvalue weighted by atomic mass is 32.1. The predicted molar refractivity (Wildman–Crippen MR) is 143 cm³/mol. The molecule has 0 N–H and O–H groups in total. The summed E-state index contributed by atoms with van der Waals surface area (Å²) in [5, 5.41) is 7.55. The van der Waals surface area contributed by atoms with E-state index >= 15 is 0 Å². The van der Waals surface area contributed by atoms with Crippen LogP contribution in [0.3, 0.4) is 0 Å². The van der Waals surface area contributed by atoms with E-state index in [1.165, 1.54) is 48.1 Å². The first-order valence-corrected chi connectivity index (χ1v) is 12.0. The Morgan fingerprint density at radius 2 is 1.18 bits per heavy atom. The van der Waals surface area contributed by atoms with Crippen LogP contribution in [0, 0.1) is 0 Å². The molecule has 0 amide bonds. The van der Waals surface area contributed by atoms with E-state index in [9.17, 15) is 0 Å². The number of pyridine rings is 1. The molecule has 0 atom stereocenters. The standard InChI is InChI=1S/C31H19NS/c1-2-9-21-18-23(17-16-20(21)8-1)22-10-7-11-24(19-22)30-26-13-4-3-12-25(26)29-27-14-5-6-15-28(27)33-31(29)32-30/h1-19H. The Morgan fingerprint density at radius 3 is 2.09 bits per heavy atom. The highest BCUT2D eigenvalue weighted by molar-refractivity contribution is 7.25. The zero-order valence-electron chi connectivity index (χ0n) is 17.8. The van der Waals surface area contributed by atoms with Crippen molar-refractivity contribution >= 4 is 53.2 Å². The molecule has 5 aromatic carbocycles. The van der Waals surface area contributed by atoms with E-state index in [4.69, 9.17) is 4.98 Å². The number of nitrogens with zero attached hydrogens (tertiary/aromatic N) is 1. The van der Waals surface area contributed by atoms with Gasteiger partial charge < -0.3 is 0 Å². The van der Waals surface area contributed by atoms with Gasteiger partial charge in [0.1, 0.15) is 4.83 Å². The summed E-state index contributed by atoms with van der Waals surface area (Å²) < 4.78 is 1.28. The second-order valence-electron chi connectivity index (χ2n) is 8.43. The Bertz CT molecular complexity index is 1830. The van der Waals surface area contributed by atoms with Crippen LogP contribution in [0.1, 0.15) is 0 Å². The Morgan fingerprint density at radius 1 is 0.485 bits per heavy atom. The molecule has 0 unspecified atom stereocenters. The van der Waals surface area contributed by atoms with Crippen molar-refractivity contribution < 1.29 is 0 Å². The van der Waals surface area contributed by atoms with Crippen LogP contribution in [0.15, 0.2) is 115 Å². The van der Waals surface area contributed by atoms with Crippen LogP contribution in [-0.2, 0) is 0 Å². The molecule has 0 fully saturated rings. The largest absolute Gasteiger partial charge is 0.236 e. The van der Waals surface area contributed by atoms with Gasteiger partial charge in [-0.1, -0.05) is 97.1 Å². The van der Waals surface area contributed by atoms with E-state index in [2.05, 4.69) is 115 Å². The van der Waals surface area contributed by atoms with Crippen LogP contribution in [0.5, 0.6) is 0 Å². The summed E-state index contributed by atoms with van der Waals surface area (Å²) in [7, 11) is 0. The zero-order chi connectivity index (χ0) is 21.8.